The molecule has 2 unspecified atom stereocenters. The molecule has 4 rings (SSSR count). The van der Waals surface area contributed by atoms with Gasteiger partial charge in [-0.1, -0.05) is 23.4 Å². The van der Waals surface area contributed by atoms with E-state index in [4.69, 9.17) is 14.0 Å². The number of pyridine rings is 1. The zero-order chi connectivity index (χ0) is 21.6. The molecule has 0 amide bonds. The van der Waals surface area contributed by atoms with Gasteiger partial charge < -0.3 is 14.0 Å². The van der Waals surface area contributed by atoms with E-state index in [9.17, 15) is 22.8 Å². The van der Waals surface area contributed by atoms with E-state index in [1.54, 1.807) is 13.8 Å². The number of benzene rings is 1. The molecule has 10 heteroatoms. The number of esters is 2. The van der Waals surface area contributed by atoms with Crippen LogP contribution in [0.3, 0.4) is 0 Å². The molecule has 1 aliphatic heterocycles. The molecule has 3 heterocycles. The summed E-state index contributed by atoms with van der Waals surface area (Å²) >= 11 is 0. The molecule has 2 aromatic heterocycles. The summed E-state index contributed by atoms with van der Waals surface area (Å²) in [6, 6.07) is 6.02. The molecule has 1 aromatic carbocycles. The van der Waals surface area contributed by atoms with Gasteiger partial charge in [-0.25, -0.2) is 14.6 Å². The van der Waals surface area contributed by atoms with Gasteiger partial charge in [0.15, 0.2) is 0 Å². The van der Waals surface area contributed by atoms with Crippen LogP contribution in [0.1, 0.15) is 35.0 Å². The fourth-order valence-corrected chi connectivity index (χ4v) is 3.36. The van der Waals surface area contributed by atoms with Gasteiger partial charge in [0.1, 0.15) is 6.10 Å². The third-order valence-electron chi connectivity index (χ3n) is 4.72. The molecule has 3 aromatic rings. The Morgan fingerprint density at radius 3 is 2.67 bits per heavy atom. The maximum atomic E-state index is 13.5. The summed E-state index contributed by atoms with van der Waals surface area (Å²) in [5.41, 5.74) is -1.19. The number of ether oxygens (including phenoxy) is 2. The van der Waals surface area contributed by atoms with Gasteiger partial charge in [-0.3, -0.25) is 0 Å². The van der Waals surface area contributed by atoms with Crippen LogP contribution in [-0.2, 0) is 20.4 Å². The van der Waals surface area contributed by atoms with Crippen LogP contribution in [0.15, 0.2) is 34.9 Å². The molecule has 30 heavy (non-hydrogen) atoms. The highest BCUT2D eigenvalue weighted by atomic mass is 19.4. The van der Waals surface area contributed by atoms with Gasteiger partial charge in [0.05, 0.1) is 27.9 Å². The number of carbonyl (C=O) groups is 2. The highest BCUT2D eigenvalue weighted by Gasteiger charge is 2.37. The Morgan fingerprint density at radius 1 is 1.27 bits per heavy atom. The van der Waals surface area contributed by atoms with Crippen molar-refractivity contribution in [3.05, 3.63) is 47.2 Å². The first kappa shape index (κ1) is 19.9. The van der Waals surface area contributed by atoms with Gasteiger partial charge in [-0.15, -0.1) is 0 Å². The Kier molecular flexibility index (Phi) is 4.71. The molecule has 1 fully saturated rings. The summed E-state index contributed by atoms with van der Waals surface area (Å²) in [7, 11) is 0. The first-order chi connectivity index (χ1) is 14.1. The fraction of sp³-hybridized carbons (Fsp3) is 0.300. The summed E-state index contributed by atoms with van der Waals surface area (Å²) < 4.78 is 55.7. The Labute approximate surface area is 167 Å². The number of rotatable bonds is 3. The number of nitrogens with zero attached hydrogens (tertiary/aromatic N) is 2. The Bertz CT molecular complexity index is 1160. The molecule has 0 saturated carbocycles. The van der Waals surface area contributed by atoms with E-state index < -0.39 is 35.9 Å². The second-order valence-corrected chi connectivity index (χ2v) is 6.92. The topological polar surface area (TPSA) is 91.5 Å². The number of alkyl halides is 3. The second kappa shape index (κ2) is 7.12. The first-order valence-corrected chi connectivity index (χ1v) is 9.00. The fourth-order valence-electron chi connectivity index (χ4n) is 3.36. The monoisotopic (exact) mass is 420 g/mol. The maximum absolute atomic E-state index is 13.5. The van der Waals surface area contributed by atoms with E-state index in [1.807, 2.05) is 0 Å². The average Bonchev–Trinajstić information content (AvgIpc) is 3.21. The lowest BCUT2D eigenvalue weighted by atomic mass is 10.0. The predicted molar refractivity (Wildman–Crippen MR) is 96.4 cm³/mol. The van der Waals surface area contributed by atoms with Gasteiger partial charge in [0, 0.05) is 12.0 Å². The normalized spacial score (nSPS) is 19.2. The molecule has 0 bridgehead atoms. The summed E-state index contributed by atoms with van der Waals surface area (Å²) in [6.07, 6.45) is -5.94. The lowest BCUT2D eigenvalue weighted by molar-refractivity contribution is -0.147. The quantitative estimate of drug-likeness (QED) is 0.590. The molecule has 0 spiro atoms. The molecule has 0 radical (unpaired) electrons. The number of halogens is 3. The number of hydrogen-bond donors (Lipinski definition) is 0. The van der Waals surface area contributed by atoms with Crippen molar-refractivity contribution < 1.29 is 36.8 Å². The van der Waals surface area contributed by atoms with Gasteiger partial charge in [-0.2, -0.15) is 13.2 Å². The van der Waals surface area contributed by atoms with Crippen LogP contribution in [0, 0.1) is 6.92 Å². The van der Waals surface area contributed by atoms with Gasteiger partial charge in [0.25, 0.3) is 5.71 Å². The minimum Gasteiger partial charge on any atom is -0.460 e. The minimum atomic E-state index is -4.63. The van der Waals surface area contributed by atoms with Gasteiger partial charge in [0.2, 0.25) is 6.10 Å². The molecule has 2 atom stereocenters. The summed E-state index contributed by atoms with van der Waals surface area (Å²) in [5, 5.41) is 3.95. The summed E-state index contributed by atoms with van der Waals surface area (Å²) in [6.45, 7) is 3.21. The van der Waals surface area contributed by atoms with Crippen LogP contribution in [0.4, 0.5) is 13.2 Å². The molecule has 0 aliphatic carbocycles. The highest BCUT2D eigenvalue weighted by molar-refractivity contribution is 6.05. The van der Waals surface area contributed by atoms with Crippen molar-refractivity contribution in [3.8, 4) is 11.3 Å². The molecule has 1 aliphatic rings. The zero-order valence-corrected chi connectivity index (χ0v) is 15.8. The van der Waals surface area contributed by atoms with Crippen molar-refractivity contribution in [1.29, 1.82) is 0 Å². The van der Waals surface area contributed by atoms with Crippen LogP contribution in [0.5, 0.6) is 0 Å². The number of hydrogen-bond acceptors (Lipinski definition) is 7. The van der Waals surface area contributed by atoms with E-state index in [0.717, 1.165) is 6.07 Å². The average molecular weight is 420 g/mol. The Hall–Kier alpha value is -3.43. The second-order valence-electron chi connectivity index (χ2n) is 6.92. The third kappa shape index (κ3) is 3.49. The van der Waals surface area contributed by atoms with E-state index in [-0.39, 0.29) is 34.3 Å². The van der Waals surface area contributed by atoms with Crippen molar-refractivity contribution >= 4 is 23.0 Å². The van der Waals surface area contributed by atoms with Crippen LogP contribution < -0.4 is 0 Å². The molecular formula is C20H15F3N2O5. The molecule has 156 valence electrons. The first-order valence-electron chi connectivity index (χ1n) is 9.00. The van der Waals surface area contributed by atoms with Crippen molar-refractivity contribution in [2.24, 2.45) is 0 Å². The molecule has 7 nitrogen and oxygen atoms in total. The Balaban J connectivity index is 1.82. The van der Waals surface area contributed by atoms with Crippen molar-refractivity contribution in [2.75, 3.05) is 0 Å². The SMILES string of the molecule is Cc1noc2nc(-c3ccccc3C(F)(F)F)cc(C(=O)OC3CC(C)OC3=O)c12. The van der Waals surface area contributed by atoms with Gasteiger partial charge >= 0.3 is 18.1 Å². The van der Waals surface area contributed by atoms with Crippen LogP contribution >= 0.6 is 0 Å². The smallest absolute Gasteiger partial charge is 0.417 e. The largest absolute Gasteiger partial charge is 0.460 e. The highest BCUT2D eigenvalue weighted by Crippen LogP contribution is 2.37. The number of cyclic esters (lactones) is 1. The zero-order valence-electron chi connectivity index (χ0n) is 15.8. The molecule has 0 N–H and O–H groups in total. The lowest BCUT2D eigenvalue weighted by Gasteiger charge is -2.13. The number of carbonyl (C=O) groups excluding carboxylic acids is 2. The van der Waals surface area contributed by atoms with Crippen molar-refractivity contribution in [3.63, 3.8) is 0 Å². The summed E-state index contributed by atoms with van der Waals surface area (Å²) in [4.78, 5) is 28.8. The van der Waals surface area contributed by atoms with Crippen LogP contribution in [0.2, 0.25) is 0 Å². The summed E-state index contributed by atoms with van der Waals surface area (Å²) in [5.74, 6) is -1.58. The number of aromatic nitrogens is 2. The standard InChI is InChI=1S/C20H15F3N2O5/c1-9-7-15(19(27)28-9)29-18(26)12-8-14(24-17-16(12)10(2)25-30-17)11-5-3-4-6-13(11)20(21,22)23/h3-6,8-9,15H,7H2,1-2H3. The van der Waals surface area contributed by atoms with E-state index in [1.165, 1.54) is 24.3 Å². The minimum absolute atomic E-state index is 0.0990. The van der Waals surface area contributed by atoms with E-state index in [2.05, 4.69) is 10.1 Å². The maximum Gasteiger partial charge on any atom is 0.417 e. The lowest BCUT2D eigenvalue weighted by Crippen LogP contribution is -2.23. The molecular weight excluding hydrogens is 405 g/mol. The van der Waals surface area contributed by atoms with Gasteiger partial charge in [-0.05, 0) is 26.0 Å². The van der Waals surface area contributed by atoms with Crippen molar-refractivity contribution in [1.82, 2.24) is 10.1 Å². The van der Waals surface area contributed by atoms with Crippen molar-refractivity contribution in [2.45, 2.75) is 38.7 Å². The van der Waals surface area contributed by atoms with Crippen LogP contribution in [-0.4, -0.2) is 34.3 Å². The Morgan fingerprint density at radius 2 is 2.00 bits per heavy atom. The molecule has 1 saturated heterocycles. The third-order valence-corrected chi connectivity index (χ3v) is 4.72. The number of fused-ring (bicyclic) bond motifs is 1. The van der Waals surface area contributed by atoms with E-state index in [0.29, 0.717) is 5.69 Å². The predicted octanol–water partition coefficient (Wildman–Crippen LogP) is 4.08. The van der Waals surface area contributed by atoms with E-state index >= 15 is 0 Å². The van der Waals surface area contributed by atoms with Crippen LogP contribution in [0.25, 0.3) is 22.4 Å². The number of aryl methyl sites for hydroxylation is 1.